The molecule has 8 aromatic carbocycles. The Kier molecular flexibility index (Phi) is 8.75. The summed E-state index contributed by atoms with van der Waals surface area (Å²) in [6, 6.07) is 67.2. The summed E-state index contributed by atoms with van der Waals surface area (Å²) in [5.74, 6) is 1.90. The van der Waals surface area contributed by atoms with E-state index in [-0.39, 0.29) is 5.41 Å². The maximum atomic E-state index is 5.22. The Morgan fingerprint density at radius 1 is 0.333 bits per heavy atom. The van der Waals surface area contributed by atoms with E-state index in [0.717, 1.165) is 33.4 Å². The molecule has 60 heavy (non-hydrogen) atoms. The number of hydrogen-bond donors (Lipinski definition) is 0. The molecule has 0 radical (unpaired) electrons. The van der Waals surface area contributed by atoms with Gasteiger partial charge in [0.2, 0.25) is 0 Å². The maximum Gasteiger partial charge on any atom is 0.164 e. The molecule has 4 heteroatoms. The van der Waals surface area contributed by atoms with Crippen LogP contribution in [0, 0.1) is 0 Å². The van der Waals surface area contributed by atoms with E-state index < -0.39 is 0 Å². The summed E-state index contributed by atoms with van der Waals surface area (Å²) >= 11 is 1.85. The molecule has 2 aliphatic rings. The van der Waals surface area contributed by atoms with Crippen molar-refractivity contribution >= 4 is 23.9 Å². The predicted octanol–water partition coefficient (Wildman–Crippen LogP) is 14.8. The fraction of sp³-hybridized carbons (Fsp3) is 0.0536. The third-order valence-electron chi connectivity index (χ3n) is 12.0. The first-order chi connectivity index (χ1) is 29.5. The first-order valence-electron chi connectivity index (χ1n) is 20.4. The van der Waals surface area contributed by atoms with Crippen molar-refractivity contribution < 1.29 is 0 Å². The van der Waals surface area contributed by atoms with Gasteiger partial charge in [-0.25, -0.2) is 15.0 Å². The highest BCUT2D eigenvalue weighted by molar-refractivity contribution is 7.99. The van der Waals surface area contributed by atoms with Crippen LogP contribution in [-0.4, -0.2) is 15.0 Å². The van der Waals surface area contributed by atoms with Gasteiger partial charge in [-0.3, -0.25) is 0 Å². The average molecular weight is 786 g/mol. The normalized spacial score (nSPS) is 13.7. The van der Waals surface area contributed by atoms with Crippen LogP contribution in [0.5, 0.6) is 0 Å². The van der Waals surface area contributed by atoms with Crippen molar-refractivity contribution in [3.8, 4) is 78.7 Å². The second-order valence-corrected chi connectivity index (χ2v) is 17.1. The summed E-state index contributed by atoms with van der Waals surface area (Å²) in [4.78, 5) is 17.9. The van der Waals surface area contributed by atoms with Gasteiger partial charge in [-0.1, -0.05) is 202 Å². The van der Waals surface area contributed by atoms with E-state index in [9.17, 15) is 0 Å². The summed E-state index contributed by atoms with van der Waals surface area (Å²) in [6.07, 6.45) is 4.54. The van der Waals surface area contributed by atoms with Gasteiger partial charge in [0.25, 0.3) is 0 Å². The smallest absolute Gasteiger partial charge is 0.164 e. The number of fused-ring (bicyclic) bond motifs is 9. The first kappa shape index (κ1) is 36.0. The largest absolute Gasteiger partial charge is 0.208 e. The Labute approximate surface area is 355 Å². The second kappa shape index (κ2) is 14.6. The highest BCUT2D eigenvalue weighted by Gasteiger charge is 2.36. The van der Waals surface area contributed by atoms with Crippen molar-refractivity contribution in [1.82, 2.24) is 15.0 Å². The van der Waals surface area contributed by atoms with E-state index in [4.69, 9.17) is 15.0 Å². The van der Waals surface area contributed by atoms with Crippen molar-refractivity contribution in [3.05, 3.63) is 210 Å². The Bertz CT molecular complexity index is 3130. The lowest BCUT2D eigenvalue weighted by atomic mass is 9.82. The van der Waals surface area contributed by atoms with Crippen molar-refractivity contribution in [1.29, 1.82) is 0 Å². The van der Waals surface area contributed by atoms with Crippen LogP contribution in [0.1, 0.15) is 36.1 Å². The van der Waals surface area contributed by atoms with Gasteiger partial charge in [0.15, 0.2) is 17.5 Å². The van der Waals surface area contributed by atoms with Gasteiger partial charge in [-0.05, 0) is 91.0 Å². The van der Waals surface area contributed by atoms with E-state index in [1.165, 1.54) is 59.9 Å². The molecule has 2 heterocycles. The lowest BCUT2D eigenvalue weighted by Gasteiger charge is -2.23. The molecular weight excluding hydrogens is 747 g/mol. The van der Waals surface area contributed by atoms with Crippen molar-refractivity contribution in [3.63, 3.8) is 0 Å². The molecule has 11 rings (SSSR count). The predicted molar refractivity (Wildman–Crippen MR) is 249 cm³/mol. The fourth-order valence-electron chi connectivity index (χ4n) is 8.85. The third-order valence-corrected chi connectivity index (χ3v) is 13.1. The molecule has 0 amide bonds. The van der Waals surface area contributed by atoms with Crippen LogP contribution in [0.4, 0.5) is 0 Å². The summed E-state index contributed by atoms with van der Waals surface area (Å²) < 4.78 is 0. The molecule has 0 bridgehead atoms. The number of aromatic nitrogens is 3. The molecule has 0 saturated heterocycles. The summed E-state index contributed by atoms with van der Waals surface area (Å²) in [7, 11) is 0. The molecule has 284 valence electrons. The van der Waals surface area contributed by atoms with Crippen LogP contribution < -0.4 is 0 Å². The van der Waals surface area contributed by atoms with Crippen LogP contribution in [0.3, 0.4) is 0 Å². The molecule has 3 nitrogen and oxygen atoms in total. The molecule has 0 atom stereocenters. The fourth-order valence-corrected chi connectivity index (χ4v) is 9.98. The summed E-state index contributed by atoms with van der Waals surface area (Å²) in [5.41, 5.74) is 17.3. The minimum atomic E-state index is -0.140. The first-order valence-corrected chi connectivity index (χ1v) is 21.2. The van der Waals surface area contributed by atoms with Crippen LogP contribution in [0.25, 0.3) is 90.8 Å². The van der Waals surface area contributed by atoms with E-state index in [0.29, 0.717) is 17.5 Å². The van der Waals surface area contributed by atoms with Gasteiger partial charge < -0.3 is 0 Å². The second-order valence-electron chi connectivity index (χ2n) is 16.0. The number of nitrogens with zero attached hydrogens (tertiary/aromatic N) is 3. The molecular formula is C56H39N3S. The van der Waals surface area contributed by atoms with Crippen molar-refractivity contribution in [2.45, 2.75) is 29.1 Å². The molecule has 0 saturated carbocycles. The average Bonchev–Trinajstić information content (AvgIpc) is 3.52. The van der Waals surface area contributed by atoms with Crippen LogP contribution >= 0.6 is 11.8 Å². The zero-order valence-corrected chi connectivity index (χ0v) is 34.1. The minimum Gasteiger partial charge on any atom is -0.208 e. The number of hydrogen-bond acceptors (Lipinski definition) is 4. The molecule has 9 aromatic rings. The van der Waals surface area contributed by atoms with Crippen LogP contribution in [0.2, 0.25) is 0 Å². The van der Waals surface area contributed by atoms with Crippen LogP contribution in [0.15, 0.2) is 198 Å². The van der Waals surface area contributed by atoms with E-state index in [2.05, 4.69) is 190 Å². The molecule has 0 unspecified atom stereocenters. The summed E-state index contributed by atoms with van der Waals surface area (Å²) in [5, 5.41) is 0. The molecule has 1 aliphatic carbocycles. The lowest BCUT2D eigenvalue weighted by molar-refractivity contribution is 0.659. The van der Waals surface area contributed by atoms with Crippen molar-refractivity contribution in [2.75, 3.05) is 0 Å². The van der Waals surface area contributed by atoms with Gasteiger partial charge in [0.1, 0.15) is 0 Å². The topological polar surface area (TPSA) is 38.7 Å². The van der Waals surface area contributed by atoms with Crippen LogP contribution in [-0.2, 0) is 5.41 Å². The third kappa shape index (κ3) is 6.28. The highest BCUT2D eigenvalue weighted by atomic mass is 32.2. The van der Waals surface area contributed by atoms with E-state index in [1.807, 2.05) is 36.0 Å². The van der Waals surface area contributed by atoms with Gasteiger partial charge in [-0.15, -0.1) is 0 Å². The SMILES string of the molecule is CC1(C)c2ccccc2-c2cc3c(cc21)Sc1ccccc1-c1ccccc1/C=C\c1ccc(-c2nc(-c4ccccc4)nc(-c4ccc(-c5ccccc5)cc4)n2)cc1-3. The Hall–Kier alpha value is -7.14. The molecule has 0 fully saturated rings. The Morgan fingerprint density at radius 3 is 1.58 bits per heavy atom. The van der Waals surface area contributed by atoms with E-state index >= 15 is 0 Å². The van der Waals surface area contributed by atoms with Crippen molar-refractivity contribution in [2.24, 2.45) is 0 Å². The zero-order valence-electron chi connectivity index (χ0n) is 33.3. The zero-order chi connectivity index (χ0) is 40.2. The van der Waals surface area contributed by atoms with Gasteiger partial charge in [0, 0.05) is 31.9 Å². The molecule has 1 aliphatic heterocycles. The van der Waals surface area contributed by atoms with E-state index in [1.54, 1.807) is 0 Å². The standard InChI is InChI=1S/C56H39N3S/c1-56(2)49-23-13-11-21-44(49)47-34-48-46-33-42(32-29-39(46)28-27-38-17-9-10-20-43(38)45-22-12-14-24-51(45)60-52(48)35-50(47)56)55-58-53(40-18-7-4-8-19-40)57-54(59-55)41-30-25-37(26-31-41)36-15-5-3-6-16-36/h3-35H,1-2H3/b28-27-. The minimum absolute atomic E-state index is 0.140. The molecule has 0 N–H and O–H groups in total. The Morgan fingerprint density at radius 2 is 0.850 bits per heavy atom. The lowest BCUT2D eigenvalue weighted by Crippen LogP contribution is -2.15. The summed E-state index contributed by atoms with van der Waals surface area (Å²) in [6.45, 7) is 4.72. The van der Waals surface area contributed by atoms with Gasteiger partial charge in [-0.2, -0.15) is 0 Å². The highest BCUT2D eigenvalue weighted by Crippen LogP contribution is 2.53. The number of benzene rings is 8. The molecule has 0 spiro atoms. The maximum absolute atomic E-state index is 5.22. The quantitative estimate of drug-likeness (QED) is 0.178. The number of rotatable bonds is 4. The Balaban J connectivity index is 1.13. The van der Waals surface area contributed by atoms with Gasteiger partial charge in [0.05, 0.1) is 0 Å². The molecule has 1 aromatic heterocycles. The monoisotopic (exact) mass is 785 g/mol. The van der Waals surface area contributed by atoms with Gasteiger partial charge >= 0.3 is 0 Å².